The van der Waals surface area contributed by atoms with Gasteiger partial charge in [-0.3, -0.25) is 9.59 Å². The van der Waals surface area contributed by atoms with Gasteiger partial charge in [-0.2, -0.15) is 0 Å². The van der Waals surface area contributed by atoms with Crippen molar-refractivity contribution < 1.29 is 18.7 Å². The average Bonchev–Trinajstić information content (AvgIpc) is 2.37. The van der Waals surface area contributed by atoms with Gasteiger partial charge >= 0.3 is 0 Å². The fraction of sp³-hybridized carbons (Fsp3) is 0.385. The van der Waals surface area contributed by atoms with Gasteiger partial charge in [0.2, 0.25) is 0 Å². The van der Waals surface area contributed by atoms with Crippen molar-refractivity contribution in [3.63, 3.8) is 0 Å². The Kier molecular flexibility index (Phi) is 4.83. The normalized spacial score (nSPS) is 11.8. The summed E-state index contributed by atoms with van der Waals surface area (Å²) in [6.45, 7) is 3.28. The molecule has 1 unspecified atom stereocenters. The highest BCUT2D eigenvalue weighted by atomic mass is 19.1. The number of halogens is 1. The summed E-state index contributed by atoms with van der Waals surface area (Å²) in [6.07, 6.45) is 0.326. The van der Waals surface area contributed by atoms with Crippen LogP contribution in [-0.2, 0) is 4.79 Å². The molecule has 1 atom stereocenters. The van der Waals surface area contributed by atoms with E-state index in [1.54, 1.807) is 13.8 Å². The van der Waals surface area contributed by atoms with Crippen LogP contribution in [0.1, 0.15) is 30.6 Å². The van der Waals surface area contributed by atoms with Crippen LogP contribution in [0.15, 0.2) is 18.2 Å². The molecule has 0 fully saturated rings. The maximum absolute atomic E-state index is 13.6. The van der Waals surface area contributed by atoms with Crippen LogP contribution in [0.4, 0.5) is 4.39 Å². The van der Waals surface area contributed by atoms with Gasteiger partial charge < -0.3 is 10.1 Å². The summed E-state index contributed by atoms with van der Waals surface area (Å²) in [5, 5.41) is 2.46. The van der Waals surface area contributed by atoms with E-state index in [-0.39, 0.29) is 11.3 Å². The zero-order valence-electron chi connectivity index (χ0n) is 10.6. The molecule has 0 radical (unpaired) electrons. The second kappa shape index (κ2) is 6.14. The van der Waals surface area contributed by atoms with Crippen LogP contribution in [0.3, 0.4) is 0 Å². The molecule has 1 N–H and O–H groups in total. The predicted octanol–water partition coefficient (Wildman–Crippen LogP) is 1.93. The molecule has 0 saturated heterocycles. The molecule has 98 valence electrons. The van der Waals surface area contributed by atoms with Gasteiger partial charge in [-0.25, -0.2) is 4.39 Å². The van der Waals surface area contributed by atoms with Crippen LogP contribution in [0.2, 0.25) is 0 Å². The number of hydrogen-bond donors (Lipinski definition) is 1. The van der Waals surface area contributed by atoms with Crippen molar-refractivity contribution in [3.8, 4) is 5.75 Å². The lowest BCUT2D eigenvalue weighted by Crippen LogP contribution is -2.38. The minimum Gasteiger partial charge on any atom is -0.497 e. The first-order valence-electron chi connectivity index (χ1n) is 5.66. The molecule has 0 aliphatic heterocycles. The van der Waals surface area contributed by atoms with Crippen molar-refractivity contribution in [2.75, 3.05) is 7.11 Å². The minimum atomic E-state index is -0.678. The summed E-state index contributed by atoms with van der Waals surface area (Å²) in [5.41, 5.74) is -0.105. The quantitative estimate of drug-likeness (QED) is 0.872. The third-order valence-corrected chi connectivity index (χ3v) is 2.60. The molecule has 1 rings (SSSR count). The lowest BCUT2D eigenvalue weighted by Gasteiger charge is -2.12. The summed E-state index contributed by atoms with van der Waals surface area (Å²) in [7, 11) is 1.41. The lowest BCUT2D eigenvalue weighted by molar-refractivity contribution is -0.120. The molecule has 1 aromatic carbocycles. The number of benzene rings is 1. The Hall–Kier alpha value is -1.91. The smallest absolute Gasteiger partial charge is 0.254 e. The standard InChI is InChI=1S/C13H16FNO3/c1-4-12(16)8(2)15-13(17)10-6-5-9(18-3)7-11(10)14/h5-8H,4H2,1-3H3,(H,15,17). The maximum Gasteiger partial charge on any atom is 0.254 e. The van der Waals surface area contributed by atoms with Crippen molar-refractivity contribution in [3.05, 3.63) is 29.6 Å². The van der Waals surface area contributed by atoms with Crippen LogP contribution >= 0.6 is 0 Å². The van der Waals surface area contributed by atoms with Gasteiger partial charge in [0.05, 0.1) is 18.7 Å². The second-order valence-corrected chi connectivity index (χ2v) is 3.86. The van der Waals surface area contributed by atoms with Crippen LogP contribution in [0.5, 0.6) is 5.75 Å². The first-order chi connectivity index (χ1) is 8.49. The number of nitrogens with one attached hydrogen (secondary N) is 1. The number of Topliss-reactive ketones (excluding diaryl/α,β-unsaturated/α-hetero) is 1. The Morgan fingerprint density at radius 1 is 1.44 bits per heavy atom. The highest BCUT2D eigenvalue weighted by Crippen LogP contribution is 2.16. The summed E-state index contributed by atoms with van der Waals surface area (Å²) >= 11 is 0. The molecular weight excluding hydrogens is 237 g/mol. The van der Waals surface area contributed by atoms with Crippen LogP contribution in [-0.4, -0.2) is 24.8 Å². The van der Waals surface area contributed by atoms with Gasteiger partial charge in [0.1, 0.15) is 11.6 Å². The van der Waals surface area contributed by atoms with E-state index >= 15 is 0 Å². The molecule has 5 heteroatoms. The number of ether oxygens (including phenoxy) is 1. The van der Waals surface area contributed by atoms with E-state index < -0.39 is 17.8 Å². The largest absolute Gasteiger partial charge is 0.497 e. The number of rotatable bonds is 5. The molecule has 0 saturated carbocycles. The third kappa shape index (κ3) is 3.29. The van der Waals surface area contributed by atoms with Crippen LogP contribution in [0, 0.1) is 5.82 Å². The maximum atomic E-state index is 13.6. The molecule has 0 aliphatic carbocycles. The second-order valence-electron chi connectivity index (χ2n) is 3.86. The van der Waals surface area contributed by atoms with Gasteiger partial charge in [-0.15, -0.1) is 0 Å². The molecular formula is C13H16FNO3. The summed E-state index contributed by atoms with van der Waals surface area (Å²) in [5.74, 6) is -1.05. The van der Waals surface area contributed by atoms with E-state index in [0.717, 1.165) is 6.07 Å². The monoisotopic (exact) mass is 253 g/mol. The van der Waals surface area contributed by atoms with Crippen LogP contribution in [0.25, 0.3) is 0 Å². The zero-order valence-corrected chi connectivity index (χ0v) is 10.6. The van der Waals surface area contributed by atoms with E-state index in [1.165, 1.54) is 19.2 Å². The number of ketones is 1. The highest BCUT2D eigenvalue weighted by molar-refractivity contribution is 5.98. The van der Waals surface area contributed by atoms with Gasteiger partial charge in [0.15, 0.2) is 5.78 Å². The van der Waals surface area contributed by atoms with Gasteiger partial charge in [-0.1, -0.05) is 6.92 Å². The van der Waals surface area contributed by atoms with Crippen molar-refractivity contribution in [2.45, 2.75) is 26.3 Å². The molecule has 4 nitrogen and oxygen atoms in total. The number of methoxy groups -OCH3 is 1. The van der Waals surface area contributed by atoms with E-state index in [1.807, 2.05) is 0 Å². The van der Waals surface area contributed by atoms with E-state index in [2.05, 4.69) is 5.32 Å². The van der Waals surface area contributed by atoms with Gasteiger partial charge in [-0.05, 0) is 19.1 Å². The molecule has 0 spiro atoms. The molecule has 0 aromatic heterocycles. The Balaban J connectivity index is 2.82. The number of amides is 1. The van der Waals surface area contributed by atoms with Crippen molar-refractivity contribution in [2.24, 2.45) is 0 Å². The number of hydrogen-bond acceptors (Lipinski definition) is 3. The fourth-order valence-electron chi connectivity index (χ4n) is 1.47. The van der Waals surface area contributed by atoms with E-state index in [9.17, 15) is 14.0 Å². The predicted molar refractivity (Wildman–Crippen MR) is 65.2 cm³/mol. The topological polar surface area (TPSA) is 55.4 Å². The molecule has 18 heavy (non-hydrogen) atoms. The molecule has 0 bridgehead atoms. The Morgan fingerprint density at radius 2 is 2.11 bits per heavy atom. The average molecular weight is 253 g/mol. The Bertz CT molecular complexity index is 460. The lowest BCUT2D eigenvalue weighted by atomic mass is 10.1. The molecule has 0 heterocycles. The summed E-state index contributed by atoms with van der Waals surface area (Å²) < 4.78 is 18.4. The van der Waals surface area contributed by atoms with E-state index in [4.69, 9.17) is 4.74 Å². The first kappa shape index (κ1) is 14.2. The zero-order chi connectivity index (χ0) is 13.7. The molecule has 1 amide bonds. The molecule has 1 aromatic rings. The van der Waals surface area contributed by atoms with E-state index in [0.29, 0.717) is 12.2 Å². The fourth-order valence-corrected chi connectivity index (χ4v) is 1.47. The van der Waals surface area contributed by atoms with Crippen molar-refractivity contribution in [1.82, 2.24) is 5.32 Å². The summed E-state index contributed by atoms with van der Waals surface area (Å²) in [6, 6.07) is 3.32. The first-order valence-corrected chi connectivity index (χ1v) is 5.66. The van der Waals surface area contributed by atoms with Crippen molar-refractivity contribution in [1.29, 1.82) is 0 Å². The van der Waals surface area contributed by atoms with Gasteiger partial charge in [0, 0.05) is 12.5 Å². The van der Waals surface area contributed by atoms with Crippen LogP contribution < -0.4 is 10.1 Å². The highest BCUT2D eigenvalue weighted by Gasteiger charge is 2.17. The Labute approximate surface area is 105 Å². The SMILES string of the molecule is CCC(=O)C(C)NC(=O)c1ccc(OC)cc1F. The third-order valence-electron chi connectivity index (χ3n) is 2.60. The number of carbonyl (C=O) groups is 2. The molecule has 0 aliphatic rings. The number of carbonyl (C=O) groups excluding carboxylic acids is 2. The van der Waals surface area contributed by atoms with Crippen molar-refractivity contribution >= 4 is 11.7 Å². The summed E-state index contributed by atoms with van der Waals surface area (Å²) in [4.78, 5) is 23.1. The minimum absolute atomic E-state index is 0.0998. The Morgan fingerprint density at radius 3 is 2.61 bits per heavy atom. The van der Waals surface area contributed by atoms with Gasteiger partial charge in [0.25, 0.3) is 5.91 Å².